The number of nitrogens with zero attached hydrogens (tertiary/aromatic N) is 2. The highest BCUT2D eigenvalue weighted by molar-refractivity contribution is 5.27. The summed E-state index contributed by atoms with van der Waals surface area (Å²) in [7, 11) is 0. The summed E-state index contributed by atoms with van der Waals surface area (Å²) in [6, 6.07) is 0. The van der Waals surface area contributed by atoms with Crippen molar-refractivity contribution in [3.8, 4) is 0 Å². The first kappa shape index (κ1) is 37.1. The molecule has 1 aromatic rings. The largest absolute Gasteiger partial charge is 0.238 e. The number of aryl methyl sites for hydroxylation is 3. The monoisotopic (exact) mass is 557 g/mol. The Morgan fingerprint density at radius 3 is 0.875 bits per heavy atom. The summed E-state index contributed by atoms with van der Waals surface area (Å²) in [5.41, 5.74) is 4.36. The van der Waals surface area contributed by atoms with E-state index in [0.717, 1.165) is 18.7 Å². The van der Waals surface area contributed by atoms with Crippen molar-refractivity contribution in [3.63, 3.8) is 0 Å². The van der Waals surface area contributed by atoms with Gasteiger partial charge >= 0.3 is 0 Å². The average molecular weight is 557 g/mol. The van der Waals surface area contributed by atoms with Gasteiger partial charge in [0.1, 0.15) is 5.82 Å². The van der Waals surface area contributed by atoms with Crippen LogP contribution in [0.5, 0.6) is 0 Å². The van der Waals surface area contributed by atoms with Gasteiger partial charge in [-0.2, -0.15) is 0 Å². The van der Waals surface area contributed by atoms with Gasteiger partial charge in [0.05, 0.1) is 0 Å². The molecule has 0 aliphatic rings. The molecule has 0 saturated carbocycles. The second kappa shape index (κ2) is 28.2. The van der Waals surface area contributed by atoms with Crippen LogP contribution in [0.4, 0.5) is 0 Å². The maximum absolute atomic E-state index is 5.04. The van der Waals surface area contributed by atoms with Crippen molar-refractivity contribution in [2.24, 2.45) is 0 Å². The Morgan fingerprint density at radius 1 is 0.325 bits per heavy atom. The summed E-state index contributed by atoms with van der Waals surface area (Å²) < 4.78 is 0. The summed E-state index contributed by atoms with van der Waals surface area (Å²) in [5, 5.41) is 0. The van der Waals surface area contributed by atoms with E-state index in [1.165, 1.54) is 191 Å². The van der Waals surface area contributed by atoms with Crippen molar-refractivity contribution >= 4 is 0 Å². The van der Waals surface area contributed by atoms with Crippen LogP contribution in [-0.2, 0) is 19.3 Å². The number of unbranched alkanes of at least 4 members (excludes halogenated alkanes) is 24. The second-order valence-electron chi connectivity index (χ2n) is 12.9. The van der Waals surface area contributed by atoms with Crippen molar-refractivity contribution in [2.45, 2.75) is 220 Å². The van der Waals surface area contributed by atoms with Crippen LogP contribution in [0.3, 0.4) is 0 Å². The van der Waals surface area contributed by atoms with Gasteiger partial charge in [-0.05, 0) is 51.0 Å². The molecule has 0 spiro atoms. The first-order valence-electron chi connectivity index (χ1n) is 18.6. The number of rotatable bonds is 30. The summed E-state index contributed by atoms with van der Waals surface area (Å²) >= 11 is 0. The van der Waals surface area contributed by atoms with Gasteiger partial charge in [-0.25, -0.2) is 9.97 Å². The van der Waals surface area contributed by atoms with Gasteiger partial charge in [-0.3, -0.25) is 0 Å². The third kappa shape index (κ3) is 20.9. The first-order chi connectivity index (χ1) is 19.7. The second-order valence-corrected chi connectivity index (χ2v) is 12.9. The first-order valence-corrected chi connectivity index (χ1v) is 18.6. The van der Waals surface area contributed by atoms with Crippen LogP contribution >= 0.6 is 0 Å². The predicted octanol–water partition coefficient (Wildman–Crippen LogP) is 13.0. The molecule has 0 bridgehead atoms. The molecule has 40 heavy (non-hydrogen) atoms. The lowest BCUT2D eigenvalue weighted by molar-refractivity contribution is 0.554. The number of aromatic nitrogens is 2. The Morgan fingerprint density at radius 2 is 0.575 bits per heavy atom. The third-order valence-corrected chi connectivity index (χ3v) is 8.85. The van der Waals surface area contributed by atoms with E-state index in [0.29, 0.717) is 0 Å². The molecule has 0 saturated heterocycles. The summed E-state index contributed by atoms with van der Waals surface area (Å²) in [5.74, 6) is 1.01. The quantitative estimate of drug-likeness (QED) is 0.0880. The zero-order chi connectivity index (χ0) is 28.9. The molecule has 1 rings (SSSR count). The molecule has 2 nitrogen and oxygen atoms in total. The van der Waals surface area contributed by atoms with E-state index in [1.54, 1.807) is 5.56 Å². The predicted molar refractivity (Wildman–Crippen MR) is 180 cm³/mol. The lowest BCUT2D eigenvalue weighted by Gasteiger charge is -2.15. The van der Waals surface area contributed by atoms with E-state index in [9.17, 15) is 0 Å². The minimum Gasteiger partial charge on any atom is -0.238 e. The molecule has 0 radical (unpaired) electrons. The van der Waals surface area contributed by atoms with Gasteiger partial charge in [-0.15, -0.1) is 0 Å². The summed E-state index contributed by atoms with van der Waals surface area (Å²) in [4.78, 5) is 10.1. The fourth-order valence-electron chi connectivity index (χ4n) is 6.24. The number of hydrogen-bond acceptors (Lipinski definition) is 2. The summed E-state index contributed by atoms with van der Waals surface area (Å²) in [6.07, 6.45) is 41.2. The average Bonchev–Trinajstić information content (AvgIpc) is 2.95. The molecule has 1 heterocycles. The lowest BCUT2D eigenvalue weighted by atomic mass is 9.96. The van der Waals surface area contributed by atoms with Crippen LogP contribution in [0.1, 0.15) is 217 Å². The van der Waals surface area contributed by atoms with Gasteiger partial charge in [-0.1, -0.05) is 175 Å². The molecule has 1 aromatic heterocycles. The van der Waals surface area contributed by atoms with Crippen LogP contribution in [0, 0.1) is 6.92 Å². The molecule has 0 N–H and O–H groups in total. The topological polar surface area (TPSA) is 25.8 Å². The van der Waals surface area contributed by atoms with E-state index < -0.39 is 0 Å². The van der Waals surface area contributed by atoms with E-state index in [-0.39, 0.29) is 0 Å². The zero-order valence-electron chi connectivity index (χ0n) is 28.1. The molecule has 0 fully saturated rings. The molecular formula is C38H72N2. The van der Waals surface area contributed by atoms with E-state index >= 15 is 0 Å². The van der Waals surface area contributed by atoms with Gasteiger partial charge in [0.15, 0.2) is 0 Å². The van der Waals surface area contributed by atoms with E-state index in [2.05, 4.69) is 27.7 Å². The molecule has 0 aliphatic carbocycles. The molecule has 0 aliphatic heterocycles. The molecule has 0 atom stereocenters. The van der Waals surface area contributed by atoms with Gasteiger partial charge in [0.25, 0.3) is 0 Å². The highest BCUT2D eigenvalue weighted by atomic mass is 14.9. The maximum Gasteiger partial charge on any atom is 0.125 e. The van der Waals surface area contributed by atoms with Crippen molar-refractivity contribution in [3.05, 3.63) is 22.8 Å². The van der Waals surface area contributed by atoms with Crippen LogP contribution in [-0.4, -0.2) is 9.97 Å². The fourth-order valence-corrected chi connectivity index (χ4v) is 6.24. The molecule has 0 amide bonds. The van der Waals surface area contributed by atoms with Crippen molar-refractivity contribution < 1.29 is 0 Å². The fraction of sp³-hybridized carbons (Fsp3) is 0.895. The highest BCUT2D eigenvalue weighted by Crippen LogP contribution is 2.22. The van der Waals surface area contributed by atoms with Crippen LogP contribution in [0.2, 0.25) is 0 Å². The highest BCUT2D eigenvalue weighted by Gasteiger charge is 2.13. The molecule has 0 aromatic carbocycles. The minimum atomic E-state index is 1.01. The molecule has 234 valence electrons. The minimum absolute atomic E-state index is 1.01. The Kier molecular flexibility index (Phi) is 26.2. The van der Waals surface area contributed by atoms with E-state index in [1.807, 2.05) is 0 Å². The Balaban J connectivity index is 2.53. The normalized spacial score (nSPS) is 11.5. The molecule has 2 heteroatoms. The van der Waals surface area contributed by atoms with Gasteiger partial charge in [0, 0.05) is 11.4 Å². The third-order valence-electron chi connectivity index (χ3n) is 8.85. The van der Waals surface area contributed by atoms with Crippen LogP contribution in [0.25, 0.3) is 0 Å². The standard InChI is InChI=1S/C38H72N2/c1-5-8-11-14-17-20-23-26-29-32-36-37(33-30-27-24-21-18-15-12-9-6-2)39-35(4)40-38(36)34-31-28-25-22-19-16-13-10-7-3/h5-34H2,1-4H3. The van der Waals surface area contributed by atoms with Gasteiger partial charge < -0.3 is 0 Å². The van der Waals surface area contributed by atoms with Crippen LogP contribution < -0.4 is 0 Å². The Bertz CT molecular complexity index is 624. The lowest BCUT2D eigenvalue weighted by Crippen LogP contribution is -2.09. The van der Waals surface area contributed by atoms with Crippen molar-refractivity contribution in [1.82, 2.24) is 9.97 Å². The molecular weight excluding hydrogens is 484 g/mol. The maximum atomic E-state index is 5.04. The van der Waals surface area contributed by atoms with E-state index in [4.69, 9.17) is 9.97 Å². The zero-order valence-corrected chi connectivity index (χ0v) is 28.1. The SMILES string of the molecule is CCCCCCCCCCCc1nc(C)nc(CCCCCCCCCCC)c1CCCCCCCCCCC. The smallest absolute Gasteiger partial charge is 0.125 e. The van der Waals surface area contributed by atoms with Gasteiger partial charge in [0.2, 0.25) is 0 Å². The van der Waals surface area contributed by atoms with Crippen molar-refractivity contribution in [1.29, 1.82) is 0 Å². The molecule has 0 unspecified atom stereocenters. The van der Waals surface area contributed by atoms with Crippen LogP contribution in [0.15, 0.2) is 0 Å². The Labute approximate surface area is 252 Å². The Hall–Kier alpha value is -0.920. The number of hydrogen-bond donors (Lipinski definition) is 0. The van der Waals surface area contributed by atoms with Crippen molar-refractivity contribution in [2.75, 3.05) is 0 Å². The summed E-state index contributed by atoms with van der Waals surface area (Å²) in [6.45, 7) is 9.05.